The molecule has 0 aromatic heterocycles. The maximum Gasteiger partial charge on any atom is 0.460 e. The normalized spacial score (nSPS) is 19.1. The molecule has 0 radical (unpaired) electrons. The molecule has 37 heavy (non-hydrogen) atoms. The molecule has 0 aromatic rings. The molecule has 0 spiro atoms. The van der Waals surface area contributed by atoms with E-state index in [1.54, 1.807) is 0 Å². The van der Waals surface area contributed by atoms with Crippen LogP contribution in [0.3, 0.4) is 0 Å². The third kappa shape index (κ3) is 4.29. The highest BCUT2D eigenvalue weighted by Gasteiger charge is 2.97. The Hall–Kier alpha value is -1.72. The van der Waals surface area contributed by atoms with Crippen LogP contribution < -0.4 is 0 Å². The van der Waals surface area contributed by atoms with Crippen molar-refractivity contribution in [1.82, 2.24) is 0 Å². The van der Waals surface area contributed by atoms with Crippen LogP contribution in [0.15, 0.2) is 0 Å². The van der Waals surface area contributed by atoms with E-state index in [1.807, 2.05) is 0 Å². The third-order valence-electron chi connectivity index (χ3n) is 4.19. The molecule has 0 aliphatic rings. The van der Waals surface area contributed by atoms with Crippen LogP contribution in [0.25, 0.3) is 0 Å². The fraction of sp³-hybridized carbons (Fsp3) is 1.00. The van der Waals surface area contributed by atoms with Crippen molar-refractivity contribution in [3.8, 4) is 0 Å². The van der Waals surface area contributed by atoms with Gasteiger partial charge in [0.1, 0.15) is 0 Å². The van der Waals surface area contributed by atoms with Crippen LogP contribution >= 0.6 is 0 Å². The van der Waals surface area contributed by atoms with Gasteiger partial charge in [-0.2, -0.15) is 101 Å². The van der Waals surface area contributed by atoms with E-state index in [4.69, 9.17) is 5.11 Å². The fourth-order valence-electron chi connectivity index (χ4n) is 1.92. The summed E-state index contributed by atoms with van der Waals surface area (Å²) in [5, 5.41) is 7.88. The van der Waals surface area contributed by atoms with E-state index in [9.17, 15) is 105 Å². The molecule has 0 fully saturated rings. The minimum atomic E-state index is -9.42. The van der Waals surface area contributed by atoms with Crippen molar-refractivity contribution in [3.63, 3.8) is 0 Å². The van der Waals surface area contributed by atoms with Gasteiger partial charge < -0.3 is 5.11 Å². The first kappa shape index (κ1) is 35.3. The Labute approximate surface area is 184 Å². The summed E-state index contributed by atoms with van der Waals surface area (Å²) < 4.78 is 308. The van der Waals surface area contributed by atoms with E-state index in [0.29, 0.717) is 0 Å². The zero-order chi connectivity index (χ0) is 31.1. The lowest BCUT2D eigenvalue weighted by atomic mass is 9.85. The highest BCUT2D eigenvalue weighted by Crippen LogP contribution is 2.66. The SMILES string of the molecule is OC(F)(C(F)C(F)(F)C(F)(F)C(F)(F)C(F)(F)C(F)(F)C(F)(F)C(F)(F)C(F)(F)C(F)(F)F)C(F)(F)F. The van der Waals surface area contributed by atoms with E-state index in [1.165, 1.54) is 0 Å². The number of hydrogen-bond donors (Lipinski definition) is 1. The first-order chi connectivity index (χ1) is 15.4. The van der Waals surface area contributed by atoms with Gasteiger partial charge in [-0.1, -0.05) is 0 Å². The summed E-state index contributed by atoms with van der Waals surface area (Å²) in [6.45, 7) is 0. The average molecular weight is 618 g/mol. The van der Waals surface area contributed by atoms with E-state index in [-0.39, 0.29) is 0 Å². The van der Waals surface area contributed by atoms with Gasteiger partial charge in [-0.15, -0.1) is 0 Å². The van der Waals surface area contributed by atoms with Gasteiger partial charge in [0.2, 0.25) is 6.17 Å². The van der Waals surface area contributed by atoms with E-state index in [2.05, 4.69) is 0 Å². The van der Waals surface area contributed by atoms with Crippen molar-refractivity contribution in [2.75, 3.05) is 0 Å². The Morgan fingerprint density at radius 3 is 0.757 bits per heavy atom. The van der Waals surface area contributed by atoms with Crippen LogP contribution in [0.1, 0.15) is 0 Å². The van der Waals surface area contributed by atoms with Crippen molar-refractivity contribution in [3.05, 3.63) is 0 Å². The molecule has 25 heteroatoms. The van der Waals surface area contributed by atoms with Crippen LogP contribution in [0.2, 0.25) is 0 Å². The molecule has 0 aromatic carbocycles. The maximum atomic E-state index is 13.4. The Morgan fingerprint density at radius 2 is 0.541 bits per heavy atom. The molecule has 0 aliphatic carbocycles. The first-order valence-corrected chi connectivity index (χ1v) is 7.62. The Morgan fingerprint density at radius 1 is 0.324 bits per heavy atom. The van der Waals surface area contributed by atoms with Crippen molar-refractivity contribution >= 4 is 0 Å². The number of aliphatic hydroxyl groups is 1. The van der Waals surface area contributed by atoms with Crippen LogP contribution in [0.4, 0.5) is 105 Å². The molecule has 1 N–H and O–H groups in total. The van der Waals surface area contributed by atoms with Gasteiger partial charge in [-0.25, -0.2) is 4.39 Å². The van der Waals surface area contributed by atoms with E-state index < -0.39 is 71.8 Å². The summed E-state index contributed by atoms with van der Waals surface area (Å²) in [6.07, 6.45) is -22.6. The molecule has 0 amide bonds. The molecule has 0 saturated carbocycles. The van der Waals surface area contributed by atoms with Crippen molar-refractivity contribution < 1.29 is 110 Å². The quantitative estimate of drug-likeness (QED) is 0.272. The molecule has 0 rings (SSSR count). The summed E-state index contributed by atoms with van der Waals surface area (Å²) >= 11 is 0. The summed E-state index contributed by atoms with van der Waals surface area (Å²) in [7, 11) is 0. The van der Waals surface area contributed by atoms with Crippen molar-refractivity contribution in [2.45, 2.75) is 71.8 Å². The molecule has 0 heterocycles. The van der Waals surface area contributed by atoms with Gasteiger partial charge in [-0.05, 0) is 0 Å². The summed E-state index contributed by atoms with van der Waals surface area (Å²) in [4.78, 5) is 0. The van der Waals surface area contributed by atoms with Gasteiger partial charge in [0.15, 0.2) is 0 Å². The Bertz CT molecular complexity index is 828. The lowest BCUT2D eigenvalue weighted by Gasteiger charge is -2.44. The van der Waals surface area contributed by atoms with Gasteiger partial charge in [0.05, 0.1) is 0 Å². The zero-order valence-electron chi connectivity index (χ0n) is 15.6. The Kier molecular flexibility index (Phi) is 8.00. The van der Waals surface area contributed by atoms with Crippen molar-refractivity contribution in [2.24, 2.45) is 0 Å². The topological polar surface area (TPSA) is 20.2 Å². The van der Waals surface area contributed by atoms with Gasteiger partial charge in [-0.3, -0.25) is 0 Å². The molecule has 224 valence electrons. The second kappa shape index (κ2) is 8.39. The summed E-state index contributed by atoms with van der Waals surface area (Å²) in [5.41, 5.74) is 0. The third-order valence-corrected chi connectivity index (χ3v) is 4.19. The molecule has 0 aliphatic heterocycles. The maximum absolute atomic E-state index is 13.4. The van der Waals surface area contributed by atoms with Gasteiger partial charge >= 0.3 is 65.6 Å². The van der Waals surface area contributed by atoms with Gasteiger partial charge in [0.25, 0.3) is 0 Å². The highest BCUT2D eigenvalue weighted by molar-refractivity contribution is 5.18. The Balaban J connectivity index is 7.11. The van der Waals surface area contributed by atoms with E-state index in [0.717, 1.165) is 0 Å². The molecule has 0 bridgehead atoms. The van der Waals surface area contributed by atoms with Gasteiger partial charge in [0, 0.05) is 0 Å². The van der Waals surface area contributed by atoms with Crippen LogP contribution in [0, 0.1) is 0 Å². The second-order valence-corrected chi connectivity index (χ2v) is 6.68. The average Bonchev–Trinajstić information content (AvgIpc) is 2.64. The van der Waals surface area contributed by atoms with Crippen LogP contribution in [-0.2, 0) is 0 Å². The summed E-state index contributed by atoms with van der Waals surface area (Å²) in [5.74, 6) is -80.1. The number of rotatable bonds is 9. The predicted octanol–water partition coefficient (Wildman–Crippen LogP) is 7.19. The van der Waals surface area contributed by atoms with Crippen molar-refractivity contribution in [1.29, 1.82) is 0 Å². The fourth-order valence-corrected chi connectivity index (χ4v) is 1.92. The molecule has 1 nitrogen and oxygen atoms in total. The minimum Gasteiger partial charge on any atom is -0.352 e. The predicted molar refractivity (Wildman–Crippen MR) is 62.6 cm³/mol. The first-order valence-electron chi connectivity index (χ1n) is 7.62. The lowest BCUT2D eigenvalue weighted by molar-refractivity contribution is -0.473. The standard InChI is InChI=1S/C12H2F24O/c13-1(3(16,37)11(31,32)33)2(14,15)4(17,18)5(19,20)6(21,22)7(23,24)8(25,26)9(27,28)10(29,30)12(34,35)36/h1,37H. The zero-order valence-corrected chi connectivity index (χ0v) is 15.6. The molecule has 2 unspecified atom stereocenters. The number of hydrogen-bond acceptors (Lipinski definition) is 1. The molecule has 2 atom stereocenters. The monoisotopic (exact) mass is 618 g/mol. The molecule has 0 saturated heterocycles. The van der Waals surface area contributed by atoms with Crippen LogP contribution in [0.5, 0.6) is 0 Å². The van der Waals surface area contributed by atoms with E-state index >= 15 is 0 Å². The minimum absolute atomic E-state index is 6.93. The number of alkyl halides is 24. The second-order valence-electron chi connectivity index (χ2n) is 6.68. The smallest absolute Gasteiger partial charge is 0.352 e. The molecular formula is C12H2F24O. The lowest BCUT2D eigenvalue weighted by Crippen LogP contribution is -2.77. The highest BCUT2D eigenvalue weighted by atomic mass is 19.4. The number of halogens is 24. The van der Waals surface area contributed by atoms with Crippen LogP contribution in [-0.4, -0.2) is 76.9 Å². The molecular weight excluding hydrogens is 616 g/mol. The summed E-state index contributed by atoms with van der Waals surface area (Å²) in [6, 6.07) is 0. The largest absolute Gasteiger partial charge is 0.460 e.